The first-order chi connectivity index (χ1) is 13.6. The number of ketones is 1. The van der Waals surface area contributed by atoms with Crippen LogP contribution in [0.3, 0.4) is 0 Å². The SMILES string of the molecule is Cc1cc(O)cc(O)c1C(=O)O[C@@H]1CC2=C(COC(/C=C/CO)=C2)C(=O)[C@]1(C)O. The van der Waals surface area contributed by atoms with Gasteiger partial charge in [0.2, 0.25) is 0 Å². The smallest absolute Gasteiger partial charge is 0.342 e. The molecule has 0 bridgehead atoms. The third-order valence-electron chi connectivity index (χ3n) is 4.99. The number of Topliss-reactive ketones (excluding diaryl/α,β-unsaturated/α-hetero) is 1. The lowest BCUT2D eigenvalue weighted by Gasteiger charge is -2.38. The minimum absolute atomic E-state index is 0.0373. The number of phenolic OH excluding ortho intramolecular Hbond substituents is 2. The van der Waals surface area contributed by atoms with Crippen molar-refractivity contribution in [2.24, 2.45) is 0 Å². The number of aromatic hydroxyl groups is 2. The molecule has 1 aromatic carbocycles. The molecule has 29 heavy (non-hydrogen) atoms. The van der Waals surface area contributed by atoms with Crippen molar-refractivity contribution < 1.29 is 39.5 Å². The van der Waals surface area contributed by atoms with Gasteiger partial charge >= 0.3 is 5.97 Å². The summed E-state index contributed by atoms with van der Waals surface area (Å²) >= 11 is 0. The lowest BCUT2D eigenvalue weighted by Crippen LogP contribution is -2.53. The number of aryl methyl sites for hydroxylation is 1. The molecule has 4 N–H and O–H groups in total. The number of rotatable bonds is 4. The van der Waals surface area contributed by atoms with E-state index < -0.39 is 29.2 Å². The number of aliphatic hydroxyl groups is 2. The quantitative estimate of drug-likeness (QED) is 0.556. The maximum atomic E-state index is 12.8. The Bertz CT molecular complexity index is 928. The molecular weight excluding hydrogens is 380 g/mol. The Morgan fingerprint density at radius 1 is 1.38 bits per heavy atom. The number of benzene rings is 1. The zero-order valence-electron chi connectivity index (χ0n) is 16.0. The van der Waals surface area contributed by atoms with Crippen molar-refractivity contribution in [2.75, 3.05) is 13.2 Å². The first kappa shape index (κ1) is 20.6. The van der Waals surface area contributed by atoms with Gasteiger partial charge in [0.05, 0.1) is 6.61 Å². The van der Waals surface area contributed by atoms with Gasteiger partial charge in [-0.15, -0.1) is 0 Å². The summed E-state index contributed by atoms with van der Waals surface area (Å²) in [7, 11) is 0. The summed E-state index contributed by atoms with van der Waals surface area (Å²) in [5.74, 6) is -1.76. The van der Waals surface area contributed by atoms with E-state index in [1.165, 1.54) is 26.0 Å². The maximum Gasteiger partial charge on any atom is 0.342 e. The van der Waals surface area contributed by atoms with Crippen LogP contribution in [0.15, 0.2) is 47.3 Å². The van der Waals surface area contributed by atoms with Gasteiger partial charge in [-0.3, -0.25) is 4.79 Å². The molecule has 0 saturated carbocycles. The number of aliphatic hydroxyl groups excluding tert-OH is 1. The zero-order chi connectivity index (χ0) is 21.3. The third-order valence-corrected chi connectivity index (χ3v) is 4.99. The first-order valence-corrected chi connectivity index (χ1v) is 8.99. The Morgan fingerprint density at radius 2 is 2.10 bits per heavy atom. The van der Waals surface area contributed by atoms with Crippen molar-refractivity contribution in [3.05, 3.63) is 58.4 Å². The van der Waals surface area contributed by atoms with Crippen LogP contribution < -0.4 is 0 Å². The predicted molar refractivity (Wildman–Crippen MR) is 101 cm³/mol. The zero-order valence-corrected chi connectivity index (χ0v) is 16.0. The summed E-state index contributed by atoms with van der Waals surface area (Å²) in [4.78, 5) is 25.4. The maximum absolute atomic E-state index is 12.8. The summed E-state index contributed by atoms with van der Waals surface area (Å²) in [6.07, 6.45) is 3.51. The number of carbonyl (C=O) groups is 2. The Kier molecular flexibility index (Phi) is 5.50. The number of phenols is 2. The van der Waals surface area contributed by atoms with E-state index in [4.69, 9.17) is 14.6 Å². The molecule has 0 saturated heterocycles. The number of allylic oxidation sites excluding steroid dienone is 2. The second-order valence-electron chi connectivity index (χ2n) is 7.16. The molecule has 0 aromatic heterocycles. The standard InChI is InChI=1S/C21H22O8/c1-11-6-13(23)9-16(24)18(11)20(26)29-17-8-12-7-14(4-3-5-22)28-10-15(12)19(25)21(17,2)27/h3-4,6-7,9,17,22-24,27H,5,8,10H2,1-2H3/b4-3+/t17-,21-/m1/s1. The third kappa shape index (κ3) is 3.90. The second-order valence-corrected chi connectivity index (χ2v) is 7.16. The monoisotopic (exact) mass is 402 g/mol. The Labute approximate surface area is 167 Å². The van der Waals surface area contributed by atoms with Gasteiger partial charge in [0, 0.05) is 18.1 Å². The van der Waals surface area contributed by atoms with Crippen LogP contribution in [0.1, 0.15) is 29.3 Å². The highest BCUT2D eigenvalue weighted by atomic mass is 16.6. The molecule has 3 rings (SSSR count). The predicted octanol–water partition coefficient (Wildman–Crippen LogP) is 1.41. The van der Waals surface area contributed by atoms with Crippen LogP contribution in [-0.4, -0.2) is 57.1 Å². The lowest BCUT2D eigenvalue weighted by atomic mass is 9.77. The first-order valence-electron chi connectivity index (χ1n) is 8.99. The van der Waals surface area contributed by atoms with Crippen molar-refractivity contribution in [3.8, 4) is 11.5 Å². The summed E-state index contributed by atoms with van der Waals surface area (Å²) in [6.45, 7) is 2.58. The summed E-state index contributed by atoms with van der Waals surface area (Å²) < 4.78 is 10.9. The van der Waals surface area contributed by atoms with Gasteiger partial charge in [-0.25, -0.2) is 4.79 Å². The highest BCUT2D eigenvalue weighted by Gasteiger charge is 2.48. The molecule has 1 aliphatic heterocycles. The molecule has 1 heterocycles. The van der Waals surface area contributed by atoms with Crippen molar-refractivity contribution >= 4 is 11.8 Å². The molecule has 0 amide bonds. The van der Waals surface area contributed by atoms with Crippen LogP contribution in [-0.2, 0) is 14.3 Å². The number of carbonyl (C=O) groups excluding carboxylic acids is 2. The average molecular weight is 402 g/mol. The Balaban J connectivity index is 1.90. The second kappa shape index (κ2) is 7.73. The van der Waals surface area contributed by atoms with E-state index in [9.17, 15) is 24.9 Å². The van der Waals surface area contributed by atoms with E-state index in [0.29, 0.717) is 16.9 Å². The van der Waals surface area contributed by atoms with Crippen molar-refractivity contribution in [1.29, 1.82) is 0 Å². The summed E-state index contributed by atoms with van der Waals surface area (Å²) in [5, 5.41) is 39.1. The van der Waals surface area contributed by atoms with Crippen molar-refractivity contribution in [1.82, 2.24) is 0 Å². The number of hydrogen-bond donors (Lipinski definition) is 4. The molecular formula is C21H22O8. The van der Waals surface area contributed by atoms with Gasteiger partial charge in [-0.05, 0) is 43.2 Å². The van der Waals surface area contributed by atoms with Crippen LogP contribution in [0.4, 0.5) is 0 Å². The largest absolute Gasteiger partial charge is 0.508 e. The molecule has 8 nitrogen and oxygen atoms in total. The molecule has 0 fully saturated rings. The fourth-order valence-corrected chi connectivity index (χ4v) is 3.42. The normalized spacial score (nSPS) is 24.2. The van der Waals surface area contributed by atoms with Gasteiger partial charge < -0.3 is 29.9 Å². The van der Waals surface area contributed by atoms with Crippen LogP contribution in [0.25, 0.3) is 0 Å². The highest BCUT2D eigenvalue weighted by molar-refractivity contribution is 6.05. The molecule has 8 heteroatoms. The topological polar surface area (TPSA) is 134 Å². The fraction of sp³-hybridized carbons (Fsp3) is 0.333. The van der Waals surface area contributed by atoms with E-state index >= 15 is 0 Å². The highest BCUT2D eigenvalue weighted by Crippen LogP contribution is 2.37. The van der Waals surface area contributed by atoms with Crippen LogP contribution >= 0.6 is 0 Å². The minimum atomic E-state index is -1.97. The van der Waals surface area contributed by atoms with E-state index in [1.807, 2.05) is 0 Å². The van der Waals surface area contributed by atoms with Gasteiger partial charge in [-0.2, -0.15) is 0 Å². The van der Waals surface area contributed by atoms with E-state index in [0.717, 1.165) is 6.07 Å². The van der Waals surface area contributed by atoms with E-state index in [-0.39, 0.29) is 36.5 Å². The van der Waals surface area contributed by atoms with Crippen LogP contribution in [0.5, 0.6) is 11.5 Å². The molecule has 1 aromatic rings. The van der Waals surface area contributed by atoms with Crippen molar-refractivity contribution in [3.63, 3.8) is 0 Å². The molecule has 2 atom stereocenters. The van der Waals surface area contributed by atoms with E-state index in [1.54, 1.807) is 12.2 Å². The van der Waals surface area contributed by atoms with Gasteiger partial charge in [0.25, 0.3) is 0 Å². The molecule has 0 radical (unpaired) electrons. The molecule has 154 valence electrons. The van der Waals surface area contributed by atoms with Gasteiger partial charge in [-0.1, -0.05) is 6.08 Å². The molecule has 2 aliphatic rings. The minimum Gasteiger partial charge on any atom is -0.508 e. The number of esters is 1. The Hall–Kier alpha value is -3.10. The molecule has 1 aliphatic carbocycles. The van der Waals surface area contributed by atoms with Gasteiger partial charge in [0.15, 0.2) is 11.4 Å². The molecule has 0 spiro atoms. The lowest BCUT2D eigenvalue weighted by molar-refractivity contribution is -0.146. The fourth-order valence-electron chi connectivity index (χ4n) is 3.42. The Morgan fingerprint density at radius 3 is 2.76 bits per heavy atom. The average Bonchev–Trinajstić information content (AvgIpc) is 2.63. The van der Waals surface area contributed by atoms with Crippen LogP contribution in [0.2, 0.25) is 0 Å². The summed E-state index contributed by atoms with van der Waals surface area (Å²) in [5.41, 5.74) is -0.969. The summed E-state index contributed by atoms with van der Waals surface area (Å²) in [6, 6.07) is 2.30. The molecule has 0 unspecified atom stereocenters. The number of ether oxygens (including phenoxy) is 2. The van der Waals surface area contributed by atoms with Crippen LogP contribution in [0, 0.1) is 6.92 Å². The van der Waals surface area contributed by atoms with Gasteiger partial charge in [0.1, 0.15) is 35.5 Å². The van der Waals surface area contributed by atoms with Crippen molar-refractivity contribution in [2.45, 2.75) is 32.0 Å². The van der Waals surface area contributed by atoms with E-state index in [2.05, 4.69) is 0 Å². The number of hydrogen-bond acceptors (Lipinski definition) is 8.